The van der Waals surface area contributed by atoms with Crippen molar-refractivity contribution in [2.45, 2.75) is 58.7 Å². The third kappa shape index (κ3) is 4.10. The zero-order chi connectivity index (χ0) is 14.8. The van der Waals surface area contributed by atoms with Gasteiger partial charge in [-0.15, -0.1) is 0 Å². The molecule has 19 heavy (non-hydrogen) atoms. The van der Waals surface area contributed by atoms with Gasteiger partial charge >= 0.3 is 6.09 Å². The van der Waals surface area contributed by atoms with E-state index in [-0.39, 0.29) is 18.1 Å². The van der Waals surface area contributed by atoms with Crippen molar-refractivity contribution < 1.29 is 9.53 Å². The van der Waals surface area contributed by atoms with Crippen LogP contribution in [-0.2, 0) is 4.74 Å². The standard InChI is InChI=1S/C14H25N3O2/c1-10(2)14(6,9-15)16-11-7-17(8-11)12(18)19-13(3,4)5/h10-11,16H,7-8H2,1-6H3. The maximum absolute atomic E-state index is 11.8. The van der Waals surface area contributed by atoms with Crippen LogP contribution in [0.25, 0.3) is 0 Å². The van der Waals surface area contributed by atoms with Crippen LogP contribution < -0.4 is 5.32 Å². The number of likely N-dealkylation sites (tertiary alicyclic amines) is 1. The average molecular weight is 267 g/mol. The van der Waals surface area contributed by atoms with E-state index in [1.54, 1.807) is 4.90 Å². The first-order chi connectivity index (χ1) is 8.57. The third-order valence-corrected chi connectivity index (χ3v) is 3.42. The fraction of sp³-hybridized carbons (Fsp3) is 0.857. The Bertz CT molecular complexity index is 375. The molecule has 1 saturated heterocycles. The molecular weight excluding hydrogens is 242 g/mol. The van der Waals surface area contributed by atoms with Crippen molar-refractivity contribution in [3.63, 3.8) is 0 Å². The molecule has 5 nitrogen and oxygen atoms in total. The zero-order valence-electron chi connectivity index (χ0n) is 12.8. The molecule has 1 atom stereocenters. The molecule has 1 heterocycles. The summed E-state index contributed by atoms with van der Waals surface area (Å²) in [5, 5.41) is 12.6. The maximum Gasteiger partial charge on any atom is 0.410 e. The van der Waals surface area contributed by atoms with Crippen molar-refractivity contribution in [3.8, 4) is 6.07 Å². The normalized spacial score (nSPS) is 19.6. The van der Waals surface area contributed by atoms with Crippen molar-refractivity contribution in [1.29, 1.82) is 5.26 Å². The van der Waals surface area contributed by atoms with Crippen molar-refractivity contribution in [2.24, 2.45) is 5.92 Å². The van der Waals surface area contributed by atoms with E-state index in [4.69, 9.17) is 4.74 Å². The molecule has 1 amide bonds. The number of carbonyl (C=O) groups is 1. The fourth-order valence-electron chi connectivity index (χ4n) is 1.80. The van der Waals surface area contributed by atoms with Gasteiger partial charge in [-0.1, -0.05) is 13.8 Å². The summed E-state index contributed by atoms with van der Waals surface area (Å²) in [4.78, 5) is 13.4. The number of nitrogens with one attached hydrogen (secondary N) is 1. The van der Waals surface area contributed by atoms with Gasteiger partial charge in [0.1, 0.15) is 11.1 Å². The topological polar surface area (TPSA) is 65.4 Å². The van der Waals surface area contributed by atoms with E-state index in [1.165, 1.54) is 0 Å². The minimum atomic E-state index is -0.551. The Kier molecular flexibility index (Phi) is 4.46. The SMILES string of the molecule is CC(C)C(C)(C#N)NC1CN(C(=O)OC(C)(C)C)C1. The summed E-state index contributed by atoms with van der Waals surface area (Å²) in [7, 11) is 0. The van der Waals surface area contributed by atoms with E-state index in [1.807, 2.05) is 41.5 Å². The summed E-state index contributed by atoms with van der Waals surface area (Å²) >= 11 is 0. The van der Waals surface area contributed by atoms with Gasteiger partial charge in [0.05, 0.1) is 6.07 Å². The van der Waals surface area contributed by atoms with Crippen molar-refractivity contribution in [2.75, 3.05) is 13.1 Å². The van der Waals surface area contributed by atoms with Crippen LogP contribution in [0.5, 0.6) is 0 Å². The number of carbonyl (C=O) groups excluding carboxylic acids is 1. The molecule has 1 fully saturated rings. The van der Waals surface area contributed by atoms with Gasteiger partial charge in [0, 0.05) is 19.1 Å². The van der Waals surface area contributed by atoms with E-state index in [0.717, 1.165) is 0 Å². The minimum absolute atomic E-state index is 0.166. The molecule has 0 saturated carbocycles. The minimum Gasteiger partial charge on any atom is -0.444 e. The summed E-state index contributed by atoms with van der Waals surface area (Å²) in [6, 6.07) is 2.48. The smallest absolute Gasteiger partial charge is 0.410 e. The number of hydrogen-bond acceptors (Lipinski definition) is 4. The molecular formula is C14H25N3O2. The summed E-state index contributed by atoms with van der Waals surface area (Å²) in [5.74, 6) is 0.216. The summed E-state index contributed by atoms with van der Waals surface area (Å²) in [5.41, 5.74) is -1.01. The molecule has 0 aliphatic carbocycles. The van der Waals surface area contributed by atoms with Crippen LogP contribution in [-0.4, -0.2) is 41.3 Å². The molecule has 108 valence electrons. The van der Waals surface area contributed by atoms with Crippen LogP contribution in [0.1, 0.15) is 41.5 Å². The lowest BCUT2D eigenvalue weighted by Crippen LogP contribution is -2.65. The second kappa shape index (κ2) is 5.38. The molecule has 1 aliphatic heterocycles. The highest BCUT2D eigenvalue weighted by molar-refractivity contribution is 5.69. The number of hydrogen-bond donors (Lipinski definition) is 1. The molecule has 1 rings (SSSR count). The summed E-state index contributed by atoms with van der Waals surface area (Å²) < 4.78 is 5.29. The summed E-state index contributed by atoms with van der Waals surface area (Å²) in [6.45, 7) is 12.7. The first kappa shape index (κ1) is 15.8. The van der Waals surface area contributed by atoms with Gasteiger partial charge in [-0.2, -0.15) is 5.26 Å². The Labute approximate surface area is 115 Å². The highest BCUT2D eigenvalue weighted by Gasteiger charge is 2.39. The predicted molar refractivity (Wildman–Crippen MR) is 73.6 cm³/mol. The molecule has 0 aromatic heterocycles. The van der Waals surface area contributed by atoms with Gasteiger partial charge in [-0.05, 0) is 33.6 Å². The van der Waals surface area contributed by atoms with Crippen molar-refractivity contribution in [1.82, 2.24) is 10.2 Å². The Morgan fingerprint density at radius 3 is 2.26 bits per heavy atom. The fourth-order valence-corrected chi connectivity index (χ4v) is 1.80. The Balaban J connectivity index is 2.43. The lowest BCUT2D eigenvalue weighted by molar-refractivity contribution is 0.00229. The molecule has 1 unspecified atom stereocenters. The molecule has 0 aromatic carbocycles. The second-order valence-electron chi connectivity index (χ2n) is 6.70. The molecule has 0 spiro atoms. The van der Waals surface area contributed by atoms with Crippen LogP contribution in [0.15, 0.2) is 0 Å². The average Bonchev–Trinajstić information content (AvgIpc) is 2.19. The van der Waals surface area contributed by atoms with Crippen molar-refractivity contribution in [3.05, 3.63) is 0 Å². The van der Waals surface area contributed by atoms with Crippen LogP contribution in [0.2, 0.25) is 0 Å². The van der Waals surface area contributed by atoms with Gasteiger partial charge in [-0.25, -0.2) is 4.79 Å². The zero-order valence-corrected chi connectivity index (χ0v) is 12.8. The van der Waals surface area contributed by atoms with E-state index in [0.29, 0.717) is 13.1 Å². The lowest BCUT2D eigenvalue weighted by atomic mass is 9.88. The quantitative estimate of drug-likeness (QED) is 0.850. The first-order valence-electron chi connectivity index (χ1n) is 6.74. The van der Waals surface area contributed by atoms with Gasteiger partial charge < -0.3 is 9.64 Å². The predicted octanol–water partition coefficient (Wildman–Crippen LogP) is 2.13. The van der Waals surface area contributed by atoms with Crippen LogP contribution in [0.4, 0.5) is 4.79 Å². The van der Waals surface area contributed by atoms with Gasteiger partial charge in [0.2, 0.25) is 0 Å². The Morgan fingerprint density at radius 2 is 1.89 bits per heavy atom. The number of rotatable bonds is 3. The van der Waals surface area contributed by atoms with Gasteiger partial charge in [-0.3, -0.25) is 5.32 Å². The molecule has 0 aromatic rings. The number of nitrogens with zero attached hydrogens (tertiary/aromatic N) is 2. The third-order valence-electron chi connectivity index (χ3n) is 3.42. The highest BCUT2D eigenvalue weighted by atomic mass is 16.6. The van der Waals surface area contributed by atoms with Gasteiger partial charge in [0.15, 0.2) is 0 Å². The number of ether oxygens (including phenoxy) is 1. The van der Waals surface area contributed by atoms with Crippen LogP contribution in [0, 0.1) is 17.2 Å². The monoisotopic (exact) mass is 267 g/mol. The van der Waals surface area contributed by atoms with E-state index >= 15 is 0 Å². The molecule has 1 aliphatic rings. The maximum atomic E-state index is 11.8. The van der Waals surface area contributed by atoms with Crippen LogP contribution >= 0.6 is 0 Å². The first-order valence-corrected chi connectivity index (χ1v) is 6.74. The largest absolute Gasteiger partial charge is 0.444 e. The lowest BCUT2D eigenvalue weighted by Gasteiger charge is -2.44. The summed E-state index contributed by atoms with van der Waals surface area (Å²) in [6.07, 6.45) is -0.284. The van der Waals surface area contributed by atoms with Crippen LogP contribution in [0.3, 0.4) is 0 Å². The Morgan fingerprint density at radius 1 is 1.37 bits per heavy atom. The molecule has 0 radical (unpaired) electrons. The number of amides is 1. The Hall–Kier alpha value is -1.28. The van der Waals surface area contributed by atoms with E-state index < -0.39 is 11.1 Å². The van der Waals surface area contributed by atoms with E-state index in [9.17, 15) is 10.1 Å². The molecule has 0 bridgehead atoms. The highest BCUT2D eigenvalue weighted by Crippen LogP contribution is 2.21. The second-order valence-corrected chi connectivity index (χ2v) is 6.70. The molecule has 1 N–H and O–H groups in total. The molecule has 5 heteroatoms. The van der Waals surface area contributed by atoms with Crippen molar-refractivity contribution >= 4 is 6.09 Å². The number of nitriles is 1. The van der Waals surface area contributed by atoms with Gasteiger partial charge in [0.25, 0.3) is 0 Å². The van der Waals surface area contributed by atoms with E-state index in [2.05, 4.69) is 11.4 Å².